The van der Waals surface area contributed by atoms with Gasteiger partial charge in [0.2, 0.25) is 0 Å². The molecule has 4 heterocycles. The molecule has 0 aliphatic carbocycles. The summed E-state index contributed by atoms with van der Waals surface area (Å²) < 4.78 is 34.3. The van der Waals surface area contributed by atoms with Gasteiger partial charge in [0.15, 0.2) is 9.99 Å². The van der Waals surface area contributed by atoms with Gasteiger partial charge in [-0.1, -0.05) is 63.1 Å². The Bertz CT molecular complexity index is 1760. The van der Waals surface area contributed by atoms with Crippen LogP contribution in [-0.4, -0.2) is 56.2 Å². The van der Waals surface area contributed by atoms with Gasteiger partial charge in [0.25, 0.3) is 10.0 Å². The number of fused-ring (bicyclic) bond motifs is 2. The maximum Gasteiger partial charge on any atom is 0.261 e. The van der Waals surface area contributed by atoms with Crippen molar-refractivity contribution in [1.82, 2.24) is 28.1 Å². The van der Waals surface area contributed by atoms with Gasteiger partial charge in [-0.15, -0.1) is 11.3 Å². The lowest BCUT2D eigenvalue weighted by molar-refractivity contribution is 0.220. The average molecular weight is 605 g/mol. The number of unbranched alkanes of at least 4 members (excludes halogenated alkanes) is 1. The van der Waals surface area contributed by atoms with Crippen LogP contribution in [0.2, 0.25) is 0 Å². The number of benzene rings is 2. The van der Waals surface area contributed by atoms with Gasteiger partial charge in [-0.3, -0.25) is 9.30 Å². The fourth-order valence-corrected chi connectivity index (χ4v) is 8.60. The molecule has 10 heteroatoms. The molecule has 8 nitrogen and oxygen atoms in total. The van der Waals surface area contributed by atoms with E-state index in [1.54, 1.807) is 8.71 Å². The molecule has 0 N–H and O–H groups in total. The highest BCUT2D eigenvalue weighted by molar-refractivity contribution is 7.89. The number of piperidine rings is 1. The van der Waals surface area contributed by atoms with Crippen molar-refractivity contribution < 1.29 is 8.42 Å². The van der Waals surface area contributed by atoms with E-state index >= 15 is 0 Å². The first-order valence-corrected chi connectivity index (χ1v) is 17.5. The number of likely N-dealkylation sites (tertiary alicyclic amines) is 1. The minimum atomic E-state index is -3.84. The fraction of sp³-hybridized carbons (Fsp3) is 0.438. The van der Waals surface area contributed by atoms with Crippen molar-refractivity contribution in [3.8, 4) is 0 Å². The predicted molar refractivity (Wildman–Crippen MR) is 169 cm³/mol. The summed E-state index contributed by atoms with van der Waals surface area (Å²) in [5, 5.41) is 2.17. The summed E-state index contributed by atoms with van der Waals surface area (Å²) in [6, 6.07) is 16.8. The molecule has 5 aromatic rings. The van der Waals surface area contributed by atoms with Crippen molar-refractivity contribution >= 4 is 37.4 Å². The quantitative estimate of drug-likeness (QED) is 0.166. The third-order valence-electron chi connectivity index (χ3n) is 8.31. The number of rotatable bonds is 12. The summed E-state index contributed by atoms with van der Waals surface area (Å²) in [6.07, 6.45) is 7.86. The Labute approximate surface area is 252 Å². The van der Waals surface area contributed by atoms with E-state index in [2.05, 4.69) is 51.7 Å². The zero-order valence-electron chi connectivity index (χ0n) is 24.6. The standard InChI is InChI=1S/C32H40N6O2S2/c1-3-5-19-36(42(39,40)31-27(4-2)34-32-37(31)20-21-41-32)24-30-33-28-15-9-10-16-29(28)38(30)23-26-14-8-7-13-25(26)22-35-17-11-6-12-18-35/h7-10,13-16,20-21H,3-6,11-12,17-19,22-24H2,1-2H3. The number of nitrogens with zero attached hydrogens (tertiary/aromatic N) is 6. The van der Waals surface area contributed by atoms with E-state index in [9.17, 15) is 8.42 Å². The highest BCUT2D eigenvalue weighted by Gasteiger charge is 2.32. The highest BCUT2D eigenvalue weighted by Crippen LogP contribution is 2.28. The molecule has 0 spiro atoms. The summed E-state index contributed by atoms with van der Waals surface area (Å²) >= 11 is 1.46. The van der Waals surface area contributed by atoms with Crippen molar-refractivity contribution in [2.75, 3.05) is 19.6 Å². The second-order valence-electron chi connectivity index (χ2n) is 11.2. The van der Waals surface area contributed by atoms with E-state index in [0.29, 0.717) is 30.2 Å². The van der Waals surface area contributed by atoms with Crippen LogP contribution in [0.15, 0.2) is 65.1 Å². The lowest BCUT2D eigenvalue weighted by Gasteiger charge is -2.27. The van der Waals surface area contributed by atoms with E-state index in [-0.39, 0.29) is 11.6 Å². The van der Waals surface area contributed by atoms with Crippen LogP contribution in [0, 0.1) is 0 Å². The topological polar surface area (TPSA) is 75.7 Å². The normalized spacial score (nSPS) is 14.9. The van der Waals surface area contributed by atoms with Gasteiger partial charge in [-0.05, 0) is 62.0 Å². The van der Waals surface area contributed by atoms with Crippen LogP contribution in [0.4, 0.5) is 0 Å². The third kappa shape index (κ3) is 5.77. The lowest BCUT2D eigenvalue weighted by atomic mass is 10.0. The molecule has 1 fully saturated rings. The van der Waals surface area contributed by atoms with Crippen LogP contribution in [0.5, 0.6) is 0 Å². The number of thiazole rings is 1. The van der Waals surface area contributed by atoms with Gasteiger partial charge in [-0.2, -0.15) is 4.31 Å². The number of aromatic nitrogens is 4. The first-order chi connectivity index (χ1) is 20.5. The summed E-state index contributed by atoms with van der Waals surface area (Å²) in [5.41, 5.74) is 5.09. The van der Waals surface area contributed by atoms with Crippen LogP contribution >= 0.6 is 11.3 Å². The predicted octanol–water partition coefficient (Wildman–Crippen LogP) is 6.33. The molecule has 3 aromatic heterocycles. The molecule has 42 heavy (non-hydrogen) atoms. The second-order valence-corrected chi connectivity index (χ2v) is 13.9. The van der Waals surface area contributed by atoms with Crippen LogP contribution in [0.25, 0.3) is 16.0 Å². The van der Waals surface area contributed by atoms with Crippen LogP contribution in [0.3, 0.4) is 0 Å². The molecular weight excluding hydrogens is 565 g/mol. The second kappa shape index (κ2) is 12.7. The number of para-hydroxylation sites is 2. The first-order valence-electron chi connectivity index (χ1n) is 15.2. The first kappa shape index (κ1) is 29.0. The van der Waals surface area contributed by atoms with Crippen molar-refractivity contribution in [3.05, 3.63) is 82.8 Å². The smallest absolute Gasteiger partial charge is 0.261 e. The Balaban J connectivity index is 1.38. The van der Waals surface area contributed by atoms with E-state index in [0.717, 1.165) is 49.3 Å². The molecule has 1 aliphatic heterocycles. The largest absolute Gasteiger partial charge is 0.322 e. The Morgan fingerprint density at radius 1 is 0.929 bits per heavy atom. The van der Waals surface area contributed by atoms with Crippen molar-refractivity contribution in [1.29, 1.82) is 0 Å². The maximum absolute atomic E-state index is 14.4. The summed E-state index contributed by atoms with van der Waals surface area (Å²) in [4.78, 5) is 12.9. The number of aryl methyl sites for hydroxylation is 1. The van der Waals surface area contributed by atoms with Gasteiger partial charge in [-0.25, -0.2) is 18.4 Å². The lowest BCUT2D eigenvalue weighted by Crippen LogP contribution is -2.34. The molecule has 1 saturated heterocycles. The fourth-order valence-electron chi connectivity index (χ4n) is 6.03. The van der Waals surface area contributed by atoms with Crippen LogP contribution in [0.1, 0.15) is 68.6 Å². The molecule has 222 valence electrons. The van der Waals surface area contributed by atoms with E-state index in [1.165, 1.54) is 41.7 Å². The average Bonchev–Trinajstić information content (AvgIpc) is 3.70. The van der Waals surface area contributed by atoms with Crippen molar-refractivity contribution in [2.24, 2.45) is 0 Å². The van der Waals surface area contributed by atoms with Crippen LogP contribution in [-0.2, 0) is 36.1 Å². The molecule has 0 radical (unpaired) electrons. The number of sulfonamides is 1. The highest BCUT2D eigenvalue weighted by atomic mass is 32.2. The van der Waals surface area contributed by atoms with Gasteiger partial charge in [0, 0.05) is 31.2 Å². The van der Waals surface area contributed by atoms with Gasteiger partial charge >= 0.3 is 0 Å². The number of hydrogen-bond donors (Lipinski definition) is 0. The van der Waals surface area contributed by atoms with Gasteiger partial charge < -0.3 is 4.57 Å². The zero-order valence-corrected chi connectivity index (χ0v) is 26.2. The molecule has 0 saturated carbocycles. The minimum Gasteiger partial charge on any atom is -0.322 e. The molecule has 0 unspecified atom stereocenters. The number of imidazole rings is 2. The molecule has 0 atom stereocenters. The van der Waals surface area contributed by atoms with E-state index in [4.69, 9.17) is 4.98 Å². The van der Waals surface area contributed by atoms with Crippen LogP contribution < -0.4 is 0 Å². The Kier molecular flexibility index (Phi) is 8.76. The van der Waals surface area contributed by atoms with Crippen molar-refractivity contribution in [3.63, 3.8) is 0 Å². The zero-order chi connectivity index (χ0) is 29.1. The Morgan fingerprint density at radius 3 is 2.43 bits per heavy atom. The maximum atomic E-state index is 14.4. The SMILES string of the molecule is CCCCN(Cc1nc2ccccc2n1Cc1ccccc1CN1CCCCC1)S(=O)(=O)c1c(CC)nc2sccn12. The third-order valence-corrected chi connectivity index (χ3v) is 11.0. The van der Waals surface area contributed by atoms with Gasteiger partial charge in [0.1, 0.15) is 5.82 Å². The number of hydrogen-bond acceptors (Lipinski definition) is 6. The molecule has 6 rings (SSSR count). The minimum absolute atomic E-state index is 0.200. The molecule has 0 bridgehead atoms. The Hall–Kier alpha value is -3.05. The van der Waals surface area contributed by atoms with E-state index in [1.807, 2.05) is 36.7 Å². The monoisotopic (exact) mass is 604 g/mol. The Morgan fingerprint density at radius 2 is 1.67 bits per heavy atom. The van der Waals surface area contributed by atoms with Gasteiger partial charge in [0.05, 0.1) is 23.3 Å². The summed E-state index contributed by atoms with van der Waals surface area (Å²) in [5.74, 6) is 0.757. The summed E-state index contributed by atoms with van der Waals surface area (Å²) in [6.45, 7) is 8.54. The molecule has 2 aromatic carbocycles. The van der Waals surface area contributed by atoms with Crippen molar-refractivity contribution in [2.45, 2.75) is 77.0 Å². The summed E-state index contributed by atoms with van der Waals surface area (Å²) in [7, 11) is -3.84. The van der Waals surface area contributed by atoms with E-state index < -0.39 is 10.0 Å². The molecular formula is C32H40N6O2S2. The molecule has 1 aliphatic rings. The molecule has 0 amide bonds.